The van der Waals surface area contributed by atoms with E-state index in [4.69, 9.17) is 18.9 Å². The van der Waals surface area contributed by atoms with Crippen LogP contribution in [0, 0.1) is 19.8 Å². The van der Waals surface area contributed by atoms with Crippen molar-refractivity contribution in [3.63, 3.8) is 0 Å². The number of para-hydroxylation sites is 2. The minimum Gasteiger partial charge on any atom is -0.456 e. The molecule has 12 rings (SSSR count). The summed E-state index contributed by atoms with van der Waals surface area (Å²) in [4.78, 5) is 31.1. The second kappa shape index (κ2) is 20.9. The van der Waals surface area contributed by atoms with Crippen molar-refractivity contribution in [2.75, 3.05) is 47.1 Å². The Kier molecular flexibility index (Phi) is 13.7. The molecular weight excluding hydrogens is 957 g/mol. The fourth-order valence-corrected chi connectivity index (χ4v) is 11.4. The average Bonchev–Trinajstić information content (AvgIpc) is 4.11. The Morgan fingerprint density at radius 2 is 0.948 bits per heavy atom. The zero-order valence-corrected chi connectivity index (χ0v) is 45.0. The first-order chi connectivity index (χ1) is 37.4. The number of nitrogens with one attached hydrogen (secondary N) is 2. The lowest BCUT2D eigenvalue weighted by Gasteiger charge is -2.38. The molecular formula is C67H66N4O6. The molecule has 0 bridgehead atoms. The van der Waals surface area contributed by atoms with Crippen molar-refractivity contribution in [2.24, 2.45) is 5.92 Å². The minimum absolute atomic E-state index is 0.320. The van der Waals surface area contributed by atoms with Crippen LogP contribution in [0.5, 0.6) is 23.0 Å². The molecule has 0 fully saturated rings. The van der Waals surface area contributed by atoms with Crippen LogP contribution in [-0.4, -0.2) is 38.6 Å². The summed E-state index contributed by atoms with van der Waals surface area (Å²) in [7, 11) is 2.12. The summed E-state index contributed by atoms with van der Waals surface area (Å²) >= 11 is 0. The number of esters is 2. The highest BCUT2D eigenvalue weighted by Crippen LogP contribution is 2.59. The van der Waals surface area contributed by atoms with Gasteiger partial charge in [0.05, 0.1) is 11.1 Å². The van der Waals surface area contributed by atoms with Crippen molar-refractivity contribution < 1.29 is 28.5 Å². The number of ether oxygens (including phenoxy) is 4. The molecule has 8 aromatic carbocycles. The minimum atomic E-state index is -1.09. The molecule has 2 spiro atoms. The number of carbonyl (C=O) groups is 2. The number of hydrogen-bond acceptors (Lipinski definition) is 10. The Hall–Kier alpha value is -8.50. The van der Waals surface area contributed by atoms with E-state index in [0.717, 1.165) is 105 Å². The van der Waals surface area contributed by atoms with Crippen molar-refractivity contribution in [3.05, 3.63) is 225 Å². The molecule has 2 unspecified atom stereocenters. The Labute approximate surface area is 452 Å². The van der Waals surface area contributed by atoms with Crippen molar-refractivity contribution in [2.45, 2.75) is 78.4 Å². The van der Waals surface area contributed by atoms with Crippen LogP contribution >= 0.6 is 0 Å². The van der Waals surface area contributed by atoms with Crippen LogP contribution in [0.1, 0.15) is 119 Å². The van der Waals surface area contributed by atoms with Crippen molar-refractivity contribution in [3.8, 4) is 23.0 Å². The van der Waals surface area contributed by atoms with Gasteiger partial charge in [-0.1, -0.05) is 113 Å². The van der Waals surface area contributed by atoms with E-state index in [1.807, 2.05) is 121 Å². The van der Waals surface area contributed by atoms with Crippen LogP contribution in [-0.2, 0) is 20.7 Å². The van der Waals surface area contributed by atoms with Crippen molar-refractivity contribution in [1.82, 2.24) is 0 Å². The summed E-state index contributed by atoms with van der Waals surface area (Å²) in [5.74, 6) is 2.71. The topological polar surface area (TPSA) is 102 Å². The third kappa shape index (κ3) is 9.19. The third-order valence-corrected chi connectivity index (χ3v) is 15.3. The molecule has 10 heteroatoms. The van der Waals surface area contributed by atoms with Gasteiger partial charge in [0.2, 0.25) is 0 Å². The zero-order chi connectivity index (χ0) is 53.4. The Bertz CT molecular complexity index is 3520. The van der Waals surface area contributed by atoms with E-state index < -0.39 is 11.2 Å². The SMILES string of the molecule is CCCCCCN(C)c1ccc2c(c1)Oc1cc(C)c(Nc3ccccc3)cc1C21OC(=O)c2ccccc21.CCN(CC(C)C)c1ccc2c(c1)Oc1cc(C)c(Nc3ccccc3)cc1C21OC(=O)c2ccccc21. The smallest absolute Gasteiger partial charge is 0.340 e. The quantitative estimate of drug-likeness (QED) is 0.0809. The summed E-state index contributed by atoms with van der Waals surface area (Å²) in [6, 6.07) is 56.3. The molecule has 4 heterocycles. The van der Waals surface area contributed by atoms with E-state index in [0.29, 0.717) is 40.0 Å². The van der Waals surface area contributed by atoms with Crippen LogP contribution in [0.3, 0.4) is 0 Å². The van der Waals surface area contributed by atoms with E-state index in [-0.39, 0.29) is 11.9 Å². The predicted octanol–water partition coefficient (Wildman–Crippen LogP) is 16.1. The average molecular weight is 1020 g/mol. The molecule has 2 N–H and O–H groups in total. The number of unbranched alkanes of at least 4 members (excludes halogenated alkanes) is 3. The van der Waals surface area contributed by atoms with Crippen LogP contribution in [0.15, 0.2) is 170 Å². The maximum atomic E-state index is 13.3. The molecule has 10 nitrogen and oxygen atoms in total. The fourth-order valence-electron chi connectivity index (χ4n) is 11.4. The van der Waals surface area contributed by atoms with E-state index in [2.05, 4.69) is 118 Å². The molecule has 2 atom stereocenters. The number of fused-ring (bicyclic) bond motifs is 12. The lowest BCUT2D eigenvalue weighted by atomic mass is 9.77. The summed E-state index contributed by atoms with van der Waals surface area (Å²) in [6.45, 7) is 15.8. The fraction of sp³-hybridized carbons (Fsp3) is 0.254. The first-order valence-electron chi connectivity index (χ1n) is 27.1. The van der Waals surface area contributed by atoms with Crippen molar-refractivity contribution in [1.29, 1.82) is 0 Å². The van der Waals surface area contributed by atoms with Gasteiger partial charge in [0, 0.05) is 106 Å². The summed E-state index contributed by atoms with van der Waals surface area (Å²) < 4.78 is 26.0. The predicted molar refractivity (Wildman–Crippen MR) is 308 cm³/mol. The van der Waals surface area contributed by atoms with Gasteiger partial charge in [0.15, 0.2) is 11.2 Å². The van der Waals surface area contributed by atoms with Gasteiger partial charge in [-0.3, -0.25) is 0 Å². The molecule has 0 saturated carbocycles. The molecule has 0 amide bonds. The molecule has 0 aliphatic carbocycles. The number of hydrogen-bond donors (Lipinski definition) is 2. The highest BCUT2D eigenvalue weighted by molar-refractivity contribution is 5.98. The second-order valence-corrected chi connectivity index (χ2v) is 21.0. The monoisotopic (exact) mass is 1020 g/mol. The lowest BCUT2D eigenvalue weighted by molar-refractivity contribution is 0.0214. The van der Waals surface area contributed by atoms with Crippen LogP contribution in [0.25, 0.3) is 0 Å². The van der Waals surface area contributed by atoms with E-state index >= 15 is 0 Å². The Morgan fingerprint density at radius 1 is 0.494 bits per heavy atom. The highest BCUT2D eigenvalue weighted by Gasteiger charge is 2.55. The van der Waals surface area contributed by atoms with E-state index in [1.165, 1.54) is 19.3 Å². The molecule has 0 aromatic heterocycles. The lowest BCUT2D eigenvalue weighted by Crippen LogP contribution is -2.33. The molecule has 4 aliphatic heterocycles. The Morgan fingerprint density at radius 3 is 1.43 bits per heavy atom. The van der Waals surface area contributed by atoms with Crippen LogP contribution in [0.2, 0.25) is 0 Å². The van der Waals surface area contributed by atoms with Gasteiger partial charge in [-0.05, 0) is 129 Å². The summed E-state index contributed by atoms with van der Waals surface area (Å²) in [5, 5.41) is 7.07. The second-order valence-electron chi connectivity index (χ2n) is 21.0. The van der Waals surface area contributed by atoms with Gasteiger partial charge >= 0.3 is 11.9 Å². The molecule has 0 saturated heterocycles. The number of aryl methyl sites for hydroxylation is 2. The van der Waals surface area contributed by atoms with Gasteiger partial charge in [0.1, 0.15) is 23.0 Å². The first-order valence-corrected chi connectivity index (χ1v) is 27.1. The van der Waals surface area contributed by atoms with E-state index in [1.54, 1.807) is 0 Å². The normalized spacial score (nSPS) is 16.8. The van der Waals surface area contributed by atoms with Gasteiger partial charge < -0.3 is 39.4 Å². The highest BCUT2D eigenvalue weighted by atomic mass is 16.6. The third-order valence-electron chi connectivity index (χ3n) is 15.3. The molecule has 8 aromatic rings. The van der Waals surface area contributed by atoms with Gasteiger partial charge in [-0.15, -0.1) is 0 Å². The molecule has 0 radical (unpaired) electrons. The number of rotatable bonds is 14. The maximum Gasteiger partial charge on any atom is 0.340 e. The van der Waals surface area contributed by atoms with Crippen LogP contribution in [0.4, 0.5) is 34.1 Å². The van der Waals surface area contributed by atoms with Crippen LogP contribution < -0.4 is 29.9 Å². The zero-order valence-electron chi connectivity index (χ0n) is 45.0. The number of nitrogens with zero attached hydrogens (tertiary/aromatic N) is 2. The Balaban J connectivity index is 0.000000164. The van der Waals surface area contributed by atoms with Crippen molar-refractivity contribution >= 4 is 46.1 Å². The standard InChI is InChI=1S/C34H34N2O3.C33H32N2O3/c1-4-5-6-12-19-36(3)25-17-18-28-32(21-25)38-31-20-23(2)30(35-24-13-8-7-9-14-24)22-29(31)34(28)27-16-11-10-15-26(27)33(37)39-34;1-5-35(20-21(2)3)24-15-16-27-31(18-24)37-30-17-22(4)29(34-23-11-7-6-8-12-23)19-28(30)33(27)26-14-10-9-13-25(26)32(36)38-33/h7-11,13-18,20-22,35H,4-6,12,19H2,1-3H3;6-19,21,34H,5,20H2,1-4H3. The summed E-state index contributed by atoms with van der Waals surface area (Å²) in [5.41, 5.74) is 12.1. The molecule has 4 aliphatic rings. The number of anilines is 6. The maximum absolute atomic E-state index is 13.3. The van der Waals surface area contributed by atoms with E-state index in [9.17, 15) is 9.59 Å². The molecule has 77 heavy (non-hydrogen) atoms. The number of benzene rings is 8. The van der Waals surface area contributed by atoms with Gasteiger partial charge in [0.25, 0.3) is 0 Å². The van der Waals surface area contributed by atoms with Gasteiger partial charge in [-0.25, -0.2) is 9.59 Å². The first kappa shape index (κ1) is 50.6. The largest absolute Gasteiger partial charge is 0.456 e. The van der Waals surface area contributed by atoms with Gasteiger partial charge in [-0.2, -0.15) is 0 Å². The number of carbonyl (C=O) groups excluding carboxylic acids is 2. The summed E-state index contributed by atoms with van der Waals surface area (Å²) in [6.07, 6.45) is 4.85. The molecule has 390 valence electrons.